The topological polar surface area (TPSA) is 78.4 Å². The van der Waals surface area contributed by atoms with Crippen molar-refractivity contribution in [3.05, 3.63) is 35.4 Å². The van der Waals surface area contributed by atoms with Crippen molar-refractivity contribution in [1.29, 1.82) is 0 Å². The van der Waals surface area contributed by atoms with Gasteiger partial charge < -0.3 is 15.7 Å². The molecule has 5 nitrogen and oxygen atoms in total. The van der Waals surface area contributed by atoms with Gasteiger partial charge in [-0.15, -0.1) is 0 Å². The number of fused-ring (bicyclic) bond motifs is 1. The van der Waals surface area contributed by atoms with Crippen molar-refractivity contribution in [2.45, 2.75) is 38.1 Å². The first-order chi connectivity index (χ1) is 10.1. The van der Waals surface area contributed by atoms with E-state index in [1.54, 1.807) is 0 Å². The standard InChI is InChI=1S/C16H20N2O3/c19-14(20)16(8-9-16)10-17-15(21)18-13-7-3-5-11-4-1-2-6-12(11)13/h1-2,4,6,13H,3,5,7-10H2,(H,19,20)(H2,17,18,21). The van der Waals surface area contributed by atoms with Gasteiger partial charge in [0.15, 0.2) is 0 Å². The Morgan fingerprint density at radius 3 is 2.76 bits per heavy atom. The van der Waals surface area contributed by atoms with E-state index in [0.717, 1.165) is 19.3 Å². The first kappa shape index (κ1) is 13.9. The van der Waals surface area contributed by atoms with Crippen LogP contribution >= 0.6 is 0 Å². The Bertz CT molecular complexity index is 566. The largest absolute Gasteiger partial charge is 0.481 e. The molecule has 0 heterocycles. The van der Waals surface area contributed by atoms with E-state index in [1.807, 2.05) is 12.1 Å². The SMILES string of the molecule is O=C(NCC1(C(=O)O)CC1)NC1CCCc2ccccc21. The molecule has 0 radical (unpaired) electrons. The molecule has 3 rings (SSSR count). The number of nitrogens with one attached hydrogen (secondary N) is 2. The van der Waals surface area contributed by atoms with E-state index in [9.17, 15) is 9.59 Å². The van der Waals surface area contributed by atoms with Gasteiger partial charge in [-0.1, -0.05) is 24.3 Å². The first-order valence-corrected chi connectivity index (χ1v) is 7.46. The van der Waals surface area contributed by atoms with E-state index in [0.29, 0.717) is 12.8 Å². The lowest BCUT2D eigenvalue weighted by molar-refractivity contribution is -0.143. The second kappa shape index (κ2) is 5.39. The Hall–Kier alpha value is -2.04. The van der Waals surface area contributed by atoms with Gasteiger partial charge in [0.25, 0.3) is 0 Å². The Kier molecular flexibility index (Phi) is 3.57. The second-order valence-corrected chi connectivity index (χ2v) is 6.06. The average molecular weight is 288 g/mol. The summed E-state index contributed by atoms with van der Waals surface area (Å²) in [5.74, 6) is -0.814. The number of benzene rings is 1. The molecule has 1 saturated carbocycles. The quantitative estimate of drug-likeness (QED) is 0.795. The lowest BCUT2D eigenvalue weighted by Crippen LogP contribution is -2.42. The normalized spacial score (nSPS) is 22.0. The van der Waals surface area contributed by atoms with Crippen molar-refractivity contribution in [2.24, 2.45) is 5.41 Å². The number of carboxylic acid groups (broad SMARTS) is 1. The van der Waals surface area contributed by atoms with Crippen molar-refractivity contribution < 1.29 is 14.7 Å². The predicted octanol–water partition coefficient (Wildman–Crippen LogP) is 2.23. The van der Waals surface area contributed by atoms with Gasteiger partial charge in [0.2, 0.25) is 0 Å². The van der Waals surface area contributed by atoms with E-state index in [2.05, 4.69) is 22.8 Å². The molecule has 0 saturated heterocycles. The molecule has 1 fully saturated rings. The van der Waals surface area contributed by atoms with Crippen LogP contribution in [0.5, 0.6) is 0 Å². The summed E-state index contributed by atoms with van der Waals surface area (Å²) in [6.45, 7) is 0.211. The monoisotopic (exact) mass is 288 g/mol. The Morgan fingerprint density at radius 1 is 1.29 bits per heavy atom. The van der Waals surface area contributed by atoms with E-state index in [1.165, 1.54) is 11.1 Å². The highest BCUT2D eigenvalue weighted by Crippen LogP contribution is 2.45. The maximum absolute atomic E-state index is 12.0. The molecular formula is C16H20N2O3. The minimum Gasteiger partial charge on any atom is -0.481 e. The first-order valence-electron chi connectivity index (χ1n) is 7.46. The van der Waals surface area contributed by atoms with Gasteiger partial charge in [0, 0.05) is 6.54 Å². The number of carbonyl (C=O) groups is 2. The molecular weight excluding hydrogens is 268 g/mol. The minimum absolute atomic E-state index is 0.0231. The number of carboxylic acids is 1. The molecule has 0 bridgehead atoms. The molecule has 112 valence electrons. The van der Waals surface area contributed by atoms with Gasteiger partial charge in [-0.25, -0.2) is 4.79 Å². The third-order valence-electron chi connectivity index (χ3n) is 4.57. The molecule has 1 aromatic carbocycles. The lowest BCUT2D eigenvalue weighted by Gasteiger charge is -2.26. The Morgan fingerprint density at radius 2 is 2.05 bits per heavy atom. The van der Waals surface area contributed by atoms with Crippen LogP contribution in [0.25, 0.3) is 0 Å². The van der Waals surface area contributed by atoms with E-state index < -0.39 is 11.4 Å². The summed E-state index contributed by atoms with van der Waals surface area (Å²) in [5.41, 5.74) is 1.75. The van der Waals surface area contributed by atoms with Crippen LogP contribution in [0.4, 0.5) is 4.79 Å². The summed E-state index contributed by atoms with van der Waals surface area (Å²) < 4.78 is 0. The fraction of sp³-hybridized carbons (Fsp3) is 0.500. The van der Waals surface area contributed by atoms with Crippen LogP contribution in [0, 0.1) is 5.41 Å². The van der Waals surface area contributed by atoms with E-state index >= 15 is 0 Å². The number of aryl methyl sites for hydroxylation is 1. The van der Waals surface area contributed by atoms with Gasteiger partial charge in [-0.2, -0.15) is 0 Å². The zero-order valence-corrected chi connectivity index (χ0v) is 11.9. The second-order valence-electron chi connectivity index (χ2n) is 6.06. The predicted molar refractivity (Wildman–Crippen MR) is 78.0 cm³/mol. The highest BCUT2D eigenvalue weighted by molar-refractivity contribution is 5.80. The van der Waals surface area contributed by atoms with Crippen molar-refractivity contribution in [1.82, 2.24) is 10.6 Å². The van der Waals surface area contributed by atoms with Gasteiger partial charge in [-0.05, 0) is 43.2 Å². The summed E-state index contributed by atoms with van der Waals surface area (Å²) in [4.78, 5) is 23.1. The van der Waals surface area contributed by atoms with Crippen LogP contribution in [0.2, 0.25) is 0 Å². The molecule has 0 spiro atoms. The molecule has 5 heteroatoms. The molecule has 1 unspecified atom stereocenters. The van der Waals surface area contributed by atoms with Gasteiger partial charge >= 0.3 is 12.0 Å². The molecule has 0 aromatic heterocycles. The fourth-order valence-electron chi connectivity index (χ4n) is 2.98. The molecule has 2 amide bonds. The smallest absolute Gasteiger partial charge is 0.315 e. The zero-order chi connectivity index (χ0) is 14.9. The summed E-state index contributed by atoms with van der Waals surface area (Å²) >= 11 is 0. The number of hydrogen-bond acceptors (Lipinski definition) is 2. The van der Waals surface area contributed by atoms with E-state index in [4.69, 9.17) is 5.11 Å². The zero-order valence-electron chi connectivity index (χ0n) is 11.9. The van der Waals surface area contributed by atoms with Crippen molar-refractivity contribution in [3.8, 4) is 0 Å². The molecule has 1 atom stereocenters. The number of rotatable bonds is 4. The summed E-state index contributed by atoms with van der Waals surface area (Å²) in [5, 5.41) is 14.8. The third-order valence-corrected chi connectivity index (χ3v) is 4.57. The summed E-state index contributed by atoms with van der Waals surface area (Å²) in [6.07, 6.45) is 4.33. The van der Waals surface area contributed by atoms with Crippen molar-refractivity contribution in [2.75, 3.05) is 6.54 Å². The molecule has 2 aliphatic rings. The summed E-state index contributed by atoms with van der Waals surface area (Å²) in [7, 11) is 0. The van der Waals surface area contributed by atoms with Crippen molar-refractivity contribution >= 4 is 12.0 Å². The summed E-state index contributed by atoms with van der Waals surface area (Å²) in [6, 6.07) is 7.91. The Labute approximate surface area is 123 Å². The van der Waals surface area contributed by atoms with Gasteiger partial charge in [0.05, 0.1) is 11.5 Å². The number of amides is 2. The maximum atomic E-state index is 12.0. The van der Waals surface area contributed by atoms with Gasteiger partial charge in [0.1, 0.15) is 0 Å². The highest BCUT2D eigenvalue weighted by Gasteiger charge is 2.50. The molecule has 3 N–H and O–H groups in total. The highest BCUT2D eigenvalue weighted by atomic mass is 16.4. The van der Waals surface area contributed by atoms with Crippen LogP contribution in [-0.4, -0.2) is 23.7 Å². The number of carbonyl (C=O) groups excluding carboxylic acids is 1. The molecule has 21 heavy (non-hydrogen) atoms. The fourth-order valence-corrected chi connectivity index (χ4v) is 2.98. The minimum atomic E-state index is -0.814. The van der Waals surface area contributed by atoms with Crippen LogP contribution in [0.15, 0.2) is 24.3 Å². The molecule has 1 aromatic rings. The average Bonchev–Trinajstić information content (AvgIpc) is 3.27. The van der Waals surface area contributed by atoms with Crippen molar-refractivity contribution in [3.63, 3.8) is 0 Å². The lowest BCUT2D eigenvalue weighted by atomic mass is 9.88. The number of urea groups is 1. The van der Waals surface area contributed by atoms with Crippen LogP contribution in [0.1, 0.15) is 42.9 Å². The Balaban J connectivity index is 1.58. The van der Waals surface area contributed by atoms with Crippen LogP contribution in [-0.2, 0) is 11.2 Å². The molecule has 0 aliphatic heterocycles. The molecule has 2 aliphatic carbocycles. The van der Waals surface area contributed by atoms with E-state index in [-0.39, 0.29) is 18.6 Å². The maximum Gasteiger partial charge on any atom is 0.315 e. The number of aliphatic carboxylic acids is 1. The van der Waals surface area contributed by atoms with Crippen LogP contribution < -0.4 is 10.6 Å². The number of hydrogen-bond donors (Lipinski definition) is 3. The third kappa shape index (κ3) is 2.86. The van der Waals surface area contributed by atoms with Gasteiger partial charge in [-0.3, -0.25) is 4.79 Å². The van der Waals surface area contributed by atoms with Crippen LogP contribution in [0.3, 0.4) is 0 Å².